The van der Waals surface area contributed by atoms with Crippen LogP contribution < -0.4 is 0 Å². The number of hydrogen-bond donors (Lipinski definition) is 0. The molecule has 1 heterocycles. The number of nitrogens with zero attached hydrogens (tertiary/aromatic N) is 2. The van der Waals surface area contributed by atoms with Crippen LogP contribution in [-0.4, -0.2) is 18.0 Å². The first-order chi connectivity index (χ1) is 8.22. The van der Waals surface area contributed by atoms with Crippen molar-refractivity contribution in [2.24, 2.45) is 0 Å². The number of hydrogen-bond acceptors (Lipinski definition) is 2. The van der Waals surface area contributed by atoms with Crippen LogP contribution in [0.4, 0.5) is 0 Å². The molecule has 2 rings (SSSR count). The Labute approximate surface area is 115 Å². The third-order valence-corrected chi connectivity index (χ3v) is 4.06. The molecule has 0 spiro atoms. The Morgan fingerprint density at radius 1 is 1.29 bits per heavy atom. The fourth-order valence-electron chi connectivity index (χ4n) is 2.25. The first-order valence-electron chi connectivity index (χ1n) is 5.81. The Bertz CT molecular complexity index is 436. The summed E-state index contributed by atoms with van der Waals surface area (Å²) in [6, 6.07) is 7.87. The van der Waals surface area contributed by atoms with Gasteiger partial charge in [-0.2, -0.15) is 5.26 Å². The van der Waals surface area contributed by atoms with E-state index in [1.54, 1.807) is 0 Å². The number of likely N-dealkylation sites (tertiary alicyclic amines) is 1. The van der Waals surface area contributed by atoms with Gasteiger partial charge >= 0.3 is 0 Å². The molecular weight excluding hydrogens is 300 g/mol. The molecule has 0 aliphatic carbocycles. The molecule has 1 atom stereocenters. The average Bonchev–Trinajstić information content (AvgIpc) is 2.34. The zero-order chi connectivity index (χ0) is 12.3. The molecule has 0 bridgehead atoms. The largest absolute Gasteiger partial charge is 0.284 e. The summed E-state index contributed by atoms with van der Waals surface area (Å²) in [5.41, 5.74) is 1.01. The molecule has 17 heavy (non-hydrogen) atoms. The van der Waals surface area contributed by atoms with E-state index in [9.17, 15) is 5.26 Å². The zero-order valence-electron chi connectivity index (χ0n) is 9.50. The van der Waals surface area contributed by atoms with Gasteiger partial charge in [-0.3, -0.25) is 4.90 Å². The van der Waals surface area contributed by atoms with Crippen molar-refractivity contribution in [3.8, 4) is 6.07 Å². The highest BCUT2D eigenvalue weighted by Crippen LogP contribution is 2.31. The Balaban J connectivity index is 2.25. The predicted molar refractivity (Wildman–Crippen MR) is 72.9 cm³/mol. The van der Waals surface area contributed by atoms with Gasteiger partial charge < -0.3 is 0 Å². The SMILES string of the molecule is N#CC(c1ccc(Cl)cc1Br)N1CCCCC1. The normalized spacial score (nSPS) is 18.6. The summed E-state index contributed by atoms with van der Waals surface area (Å²) in [5, 5.41) is 10.1. The lowest BCUT2D eigenvalue weighted by Crippen LogP contribution is -2.33. The van der Waals surface area contributed by atoms with Gasteiger partial charge in [0.15, 0.2) is 0 Å². The molecule has 1 aliphatic rings. The first-order valence-corrected chi connectivity index (χ1v) is 6.98. The average molecular weight is 314 g/mol. The first kappa shape index (κ1) is 12.9. The van der Waals surface area contributed by atoms with E-state index in [2.05, 4.69) is 26.9 Å². The smallest absolute Gasteiger partial charge is 0.124 e. The second-order valence-electron chi connectivity index (χ2n) is 4.29. The minimum Gasteiger partial charge on any atom is -0.284 e. The summed E-state index contributed by atoms with van der Waals surface area (Å²) < 4.78 is 0.919. The number of nitriles is 1. The zero-order valence-corrected chi connectivity index (χ0v) is 11.8. The number of piperidine rings is 1. The fourth-order valence-corrected chi connectivity index (χ4v) is 3.15. The Morgan fingerprint density at radius 3 is 2.59 bits per heavy atom. The van der Waals surface area contributed by atoms with E-state index in [0.29, 0.717) is 5.02 Å². The topological polar surface area (TPSA) is 27.0 Å². The van der Waals surface area contributed by atoms with Gasteiger partial charge in [0.05, 0.1) is 6.07 Å². The van der Waals surface area contributed by atoms with Gasteiger partial charge in [-0.15, -0.1) is 0 Å². The summed E-state index contributed by atoms with van der Waals surface area (Å²) in [6.45, 7) is 2.01. The summed E-state index contributed by atoms with van der Waals surface area (Å²) >= 11 is 9.42. The molecule has 0 N–H and O–H groups in total. The van der Waals surface area contributed by atoms with E-state index in [1.165, 1.54) is 19.3 Å². The van der Waals surface area contributed by atoms with Gasteiger partial charge in [-0.1, -0.05) is 40.0 Å². The number of rotatable bonds is 2. The van der Waals surface area contributed by atoms with E-state index >= 15 is 0 Å². The molecule has 0 saturated carbocycles. The number of benzene rings is 1. The van der Waals surface area contributed by atoms with E-state index in [-0.39, 0.29) is 6.04 Å². The molecule has 4 heteroatoms. The molecule has 1 fully saturated rings. The summed E-state index contributed by atoms with van der Waals surface area (Å²) in [6.07, 6.45) is 3.64. The van der Waals surface area contributed by atoms with E-state index in [1.807, 2.05) is 18.2 Å². The molecule has 0 aromatic heterocycles. The minimum absolute atomic E-state index is 0.165. The van der Waals surface area contributed by atoms with Crippen molar-refractivity contribution >= 4 is 27.5 Å². The lowest BCUT2D eigenvalue weighted by Gasteiger charge is -2.31. The van der Waals surface area contributed by atoms with E-state index in [4.69, 9.17) is 11.6 Å². The van der Waals surface area contributed by atoms with Crippen LogP contribution in [0.3, 0.4) is 0 Å². The van der Waals surface area contributed by atoms with Crippen LogP contribution in [0.15, 0.2) is 22.7 Å². The highest BCUT2D eigenvalue weighted by molar-refractivity contribution is 9.10. The van der Waals surface area contributed by atoms with Gasteiger partial charge in [0.2, 0.25) is 0 Å². The summed E-state index contributed by atoms with van der Waals surface area (Å²) in [7, 11) is 0. The van der Waals surface area contributed by atoms with Crippen molar-refractivity contribution in [2.75, 3.05) is 13.1 Å². The van der Waals surface area contributed by atoms with Crippen LogP contribution in [0, 0.1) is 11.3 Å². The van der Waals surface area contributed by atoms with Crippen molar-refractivity contribution in [3.05, 3.63) is 33.3 Å². The van der Waals surface area contributed by atoms with Gasteiger partial charge in [-0.05, 0) is 43.6 Å². The Kier molecular flexibility index (Phi) is 4.44. The van der Waals surface area contributed by atoms with Crippen LogP contribution in [-0.2, 0) is 0 Å². The molecule has 1 aromatic carbocycles. The van der Waals surface area contributed by atoms with Crippen LogP contribution in [0.1, 0.15) is 30.9 Å². The highest BCUT2D eigenvalue weighted by Gasteiger charge is 2.23. The Hall–Kier alpha value is -0.560. The molecular formula is C13H14BrClN2. The molecule has 1 aromatic rings. The Morgan fingerprint density at radius 2 is 2.00 bits per heavy atom. The molecule has 1 unspecified atom stereocenters. The van der Waals surface area contributed by atoms with Crippen LogP contribution in [0.2, 0.25) is 5.02 Å². The van der Waals surface area contributed by atoms with Gasteiger partial charge in [0.1, 0.15) is 6.04 Å². The minimum atomic E-state index is -0.165. The number of halogens is 2. The van der Waals surface area contributed by atoms with E-state index in [0.717, 1.165) is 23.1 Å². The standard InChI is InChI=1S/C13H14BrClN2/c14-12-8-10(15)4-5-11(12)13(9-16)17-6-2-1-3-7-17/h4-5,8,13H,1-3,6-7H2. The summed E-state index contributed by atoms with van der Waals surface area (Å²) in [4.78, 5) is 2.25. The molecule has 90 valence electrons. The molecule has 0 amide bonds. The lowest BCUT2D eigenvalue weighted by molar-refractivity contribution is 0.195. The highest BCUT2D eigenvalue weighted by atomic mass is 79.9. The van der Waals surface area contributed by atoms with Gasteiger partial charge in [0.25, 0.3) is 0 Å². The van der Waals surface area contributed by atoms with Crippen molar-refractivity contribution in [3.63, 3.8) is 0 Å². The quantitative estimate of drug-likeness (QED) is 0.820. The van der Waals surface area contributed by atoms with Gasteiger partial charge in [0, 0.05) is 9.50 Å². The molecule has 1 aliphatic heterocycles. The van der Waals surface area contributed by atoms with Crippen molar-refractivity contribution < 1.29 is 0 Å². The second-order valence-corrected chi connectivity index (χ2v) is 5.58. The van der Waals surface area contributed by atoms with Crippen LogP contribution in [0.5, 0.6) is 0 Å². The molecule has 1 saturated heterocycles. The maximum Gasteiger partial charge on any atom is 0.124 e. The molecule has 0 radical (unpaired) electrons. The lowest BCUT2D eigenvalue weighted by atomic mass is 10.0. The predicted octanol–water partition coefficient (Wildman–Crippen LogP) is 4.15. The third kappa shape index (κ3) is 3.01. The third-order valence-electron chi connectivity index (χ3n) is 3.14. The van der Waals surface area contributed by atoms with Crippen LogP contribution >= 0.6 is 27.5 Å². The van der Waals surface area contributed by atoms with Crippen LogP contribution in [0.25, 0.3) is 0 Å². The van der Waals surface area contributed by atoms with Crippen molar-refractivity contribution in [2.45, 2.75) is 25.3 Å². The van der Waals surface area contributed by atoms with Crippen molar-refractivity contribution in [1.29, 1.82) is 5.26 Å². The van der Waals surface area contributed by atoms with Crippen molar-refractivity contribution in [1.82, 2.24) is 4.90 Å². The second kappa shape index (κ2) is 5.86. The maximum absolute atomic E-state index is 9.38. The summed E-state index contributed by atoms with van der Waals surface area (Å²) in [5.74, 6) is 0. The maximum atomic E-state index is 9.38. The fraction of sp³-hybridized carbons (Fsp3) is 0.462. The van der Waals surface area contributed by atoms with E-state index < -0.39 is 0 Å². The van der Waals surface area contributed by atoms with Gasteiger partial charge in [-0.25, -0.2) is 0 Å². The molecule has 2 nitrogen and oxygen atoms in total. The monoisotopic (exact) mass is 312 g/mol.